The van der Waals surface area contributed by atoms with Gasteiger partial charge in [-0.1, -0.05) is 24.6 Å². The van der Waals surface area contributed by atoms with Gasteiger partial charge in [-0.05, 0) is 37.7 Å². The van der Waals surface area contributed by atoms with Crippen LogP contribution in [0.2, 0.25) is 0 Å². The summed E-state index contributed by atoms with van der Waals surface area (Å²) in [6, 6.07) is 8.21. The Labute approximate surface area is 189 Å². The SMILES string of the molecule is CN=C(NCc1ccccc1OCC1CC1)NCc1nnc2n1CCCCC2.I. The van der Waals surface area contributed by atoms with Crippen LogP contribution in [-0.4, -0.2) is 34.4 Å². The van der Waals surface area contributed by atoms with Crippen LogP contribution >= 0.6 is 24.0 Å². The maximum absolute atomic E-state index is 6.00. The van der Waals surface area contributed by atoms with E-state index >= 15 is 0 Å². The molecule has 2 aromatic rings. The van der Waals surface area contributed by atoms with Crippen molar-refractivity contribution in [2.24, 2.45) is 10.9 Å². The number of ether oxygens (including phenoxy) is 1. The molecule has 4 rings (SSSR count). The number of aromatic nitrogens is 3. The molecule has 1 aromatic heterocycles. The Morgan fingerprint density at radius 1 is 1.14 bits per heavy atom. The summed E-state index contributed by atoms with van der Waals surface area (Å²) in [5.41, 5.74) is 1.14. The molecule has 158 valence electrons. The van der Waals surface area contributed by atoms with Gasteiger partial charge in [-0.3, -0.25) is 4.99 Å². The van der Waals surface area contributed by atoms with Gasteiger partial charge < -0.3 is 19.9 Å². The van der Waals surface area contributed by atoms with Crippen LogP contribution in [0.1, 0.15) is 49.3 Å². The predicted octanol–water partition coefficient (Wildman–Crippen LogP) is 3.28. The molecule has 0 amide bonds. The van der Waals surface area contributed by atoms with Gasteiger partial charge in [0.1, 0.15) is 11.6 Å². The van der Waals surface area contributed by atoms with Crippen molar-refractivity contribution in [2.45, 2.75) is 58.2 Å². The number of aryl methyl sites for hydroxylation is 1. The molecule has 0 unspecified atom stereocenters. The second-order valence-electron chi connectivity index (χ2n) is 7.64. The standard InChI is InChI=1S/C21H30N6O.HI/c1-22-21(24-14-20-26-25-19-9-3-2-6-12-27(19)20)23-13-17-7-4-5-8-18(17)28-15-16-10-11-16;/h4-5,7-8,16H,2-3,6,9-15H2,1H3,(H2,22,23,24);1H. The van der Waals surface area contributed by atoms with Crippen molar-refractivity contribution in [3.63, 3.8) is 0 Å². The predicted molar refractivity (Wildman–Crippen MR) is 125 cm³/mol. The minimum atomic E-state index is 0. The maximum Gasteiger partial charge on any atom is 0.191 e. The fourth-order valence-electron chi connectivity index (χ4n) is 3.52. The first-order valence-electron chi connectivity index (χ1n) is 10.4. The molecule has 0 radical (unpaired) electrons. The molecule has 7 nitrogen and oxygen atoms in total. The van der Waals surface area contributed by atoms with Crippen LogP contribution in [0.4, 0.5) is 0 Å². The highest BCUT2D eigenvalue weighted by molar-refractivity contribution is 14.0. The highest BCUT2D eigenvalue weighted by atomic mass is 127. The smallest absolute Gasteiger partial charge is 0.191 e. The lowest BCUT2D eigenvalue weighted by Gasteiger charge is -2.15. The molecule has 8 heteroatoms. The summed E-state index contributed by atoms with van der Waals surface area (Å²) in [6.45, 7) is 3.12. The minimum absolute atomic E-state index is 0. The topological polar surface area (TPSA) is 76.4 Å². The number of benzene rings is 1. The van der Waals surface area contributed by atoms with Crippen LogP contribution < -0.4 is 15.4 Å². The number of hydrogen-bond donors (Lipinski definition) is 2. The molecule has 1 aromatic carbocycles. The van der Waals surface area contributed by atoms with Crippen molar-refractivity contribution in [3.05, 3.63) is 41.5 Å². The lowest BCUT2D eigenvalue weighted by atomic mass is 10.2. The quantitative estimate of drug-likeness (QED) is 0.340. The third kappa shape index (κ3) is 6.07. The average Bonchev–Trinajstić information content (AvgIpc) is 3.52. The van der Waals surface area contributed by atoms with Gasteiger partial charge in [0, 0.05) is 32.1 Å². The van der Waals surface area contributed by atoms with E-state index in [0.29, 0.717) is 13.1 Å². The van der Waals surface area contributed by atoms with Gasteiger partial charge in [-0.2, -0.15) is 0 Å². The lowest BCUT2D eigenvalue weighted by molar-refractivity contribution is 0.296. The van der Waals surface area contributed by atoms with Crippen LogP contribution in [0, 0.1) is 5.92 Å². The number of para-hydroxylation sites is 1. The summed E-state index contributed by atoms with van der Waals surface area (Å²) in [4.78, 5) is 4.34. The molecule has 1 aliphatic heterocycles. The lowest BCUT2D eigenvalue weighted by Crippen LogP contribution is -2.37. The van der Waals surface area contributed by atoms with E-state index in [2.05, 4.69) is 36.5 Å². The molecule has 0 atom stereocenters. The van der Waals surface area contributed by atoms with E-state index in [4.69, 9.17) is 4.74 Å². The first kappa shape index (κ1) is 21.9. The number of rotatable bonds is 7. The van der Waals surface area contributed by atoms with Gasteiger partial charge in [0.2, 0.25) is 0 Å². The largest absolute Gasteiger partial charge is 0.493 e. The Hall–Kier alpha value is -1.84. The molecule has 29 heavy (non-hydrogen) atoms. The number of guanidine groups is 1. The number of nitrogens with one attached hydrogen (secondary N) is 2. The fourth-order valence-corrected chi connectivity index (χ4v) is 3.52. The zero-order chi connectivity index (χ0) is 19.2. The van der Waals surface area contributed by atoms with E-state index in [-0.39, 0.29) is 24.0 Å². The summed E-state index contributed by atoms with van der Waals surface area (Å²) < 4.78 is 8.26. The maximum atomic E-state index is 6.00. The van der Waals surface area contributed by atoms with Crippen LogP contribution in [0.15, 0.2) is 29.3 Å². The highest BCUT2D eigenvalue weighted by Crippen LogP contribution is 2.30. The van der Waals surface area contributed by atoms with Crippen molar-refractivity contribution in [1.29, 1.82) is 0 Å². The molecule has 2 heterocycles. The van der Waals surface area contributed by atoms with Crippen molar-refractivity contribution in [2.75, 3.05) is 13.7 Å². The van der Waals surface area contributed by atoms with E-state index in [9.17, 15) is 0 Å². The van der Waals surface area contributed by atoms with E-state index in [1.165, 1.54) is 32.1 Å². The van der Waals surface area contributed by atoms with E-state index in [1.807, 2.05) is 18.2 Å². The first-order valence-corrected chi connectivity index (χ1v) is 10.4. The summed E-state index contributed by atoms with van der Waals surface area (Å²) in [5.74, 6) is 4.55. The Morgan fingerprint density at radius 2 is 1.97 bits per heavy atom. The number of nitrogens with zero attached hydrogens (tertiary/aromatic N) is 4. The average molecular weight is 510 g/mol. The van der Waals surface area contributed by atoms with Gasteiger partial charge >= 0.3 is 0 Å². The molecule has 0 saturated heterocycles. The Bertz CT molecular complexity index is 817. The Kier molecular flexibility index (Phi) is 8.14. The summed E-state index contributed by atoms with van der Waals surface area (Å²) in [5, 5.41) is 15.5. The summed E-state index contributed by atoms with van der Waals surface area (Å²) in [7, 11) is 1.79. The first-order chi connectivity index (χ1) is 13.8. The van der Waals surface area contributed by atoms with E-state index in [1.54, 1.807) is 7.05 Å². The highest BCUT2D eigenvalue weighted by Gasteiger charge is 2.22. The molecule has 0 spiro atoms. The number of fused-ring (bicyclic) bond motifs is 1. The normalized spacial score (nSPS) is 16.4. The molecule has 2 aliphatic rings. The van der Waals surface area contributed by atoms with Crippen LogP contribution in [0.3, 0.4) is 0 Å². The molecule has 1 saturated carbocycles. The fraction of sp³-hybridized carbons (Fsp3) is 0.571. The van der Waals surface area contributed by atoms with Crippen molar-refractivity contribution < 1.29 is 4.74 Å². The molecule has 2 N–H and O–H groups in total. The summed E-state index contributed by atoms with van der Waals surface area (Å²) in [6.07, 6.45) is 7.28. The zero-order valence-electron chi connectivity index (χ0n) is 17.1. The molecular formula is C21H31IN6O. The van der Waals surface area contributed by atoms with Gasteiger partial charge in [0.05, 0.1) is 13.2 Å². The molecule has 1 fully saturated rings. The minimum Gasteiger partial charge on any atom is -0.493 e. The zero-order valence-corrected chi connectivity index (χ0v) is 19.4. The Balaban J connectivity index is 0.00000240. The van der Waals surface area contributed by atoms with Crippen molar-refractivity contribution >= 4 is 29.9 Å². The summed E-state index contributed by atoms with van der Waals surface area (Å²) >= 11 is 0. The monoisotopic (exact) mass is 510 g/mol. The van der Waals surface area contributed by atoms with Gasteiger partial charge in [-0.15, -0.1) is 34.2 Å². The number of hydrogen-bond acceptors (Lipinski definition) is 4. The number of halogens is 1. The second-order valence-corrected chi connectivity index (χ2v) is 7.64. The van der Waals surface area contributed by atoms with Crippen molar-refractivity contribution in [3.8, 4) is 5.75 Å². The third-order valence-corrected chi connectivity index (χ3v) is 5.41. The van der Waals surface area contributed by atoms with E-state index < -0.39 is 0 Å². The van der Waals surface area contributed by atoms with Crippen LogP contribution in [-0.2, 0) is 26.1 Å². The van der Waals surface area contributed by atoms with E-state index in [0.717, 1.165) is 54.4 Å². The third-order valence-electron chi connectivity index (χ3n) is 5.41. The molecular weight excluding hydrogens is 479 g/mol. The number of aliphatic imine (C=N–C) groups is 1. The van der Waals surface area contributed by atoms with Gasteiger partial charge in [-0.25, -0.2) is 0 Å². The molecule has 0 bridgehead atoms. The second kappa shape index (κ2) is 10.8. The van der Waals surface area contributed by atoms with Crippen LogP contribution in [0.5, 0.6) is 5.75 Å². The van der Waals surface area contributed by atoms with Gasteiger partial charge in [0.15, 0.2) is 11.8 Å². The van der Waals surface area contributed by atoms with Crippen molar-refractivity contribution in [1.82, 2.24) is 25.4 Å². The van der Waals surface area contributed by atoms with Gasteiger partial charge in [0.25, 0.3) is 0 Å². The Morgan fingerprint density at radius 3 is 2.79 bits per heavy atom. The van der Waals surface area contributed by atoms with Crippen LogP contribution in [0.25, 0.3) is 0 Å². The molecule has 1 aliphatic carbocycles.